The zero-order valence-electron chi connectivity index (χ0n) is 15.5. The summed E-state index contributed by atoms with van der Waals surface area (Å²) in [5, 5.41) is 3.38. The highest BCUT2D eigenvalue weighted by atomic mass is 35.5. The second-order valence-electron chi connectivity index (χ2n) is 6.39. The molecule has 0 radical (unpaired) electrons. The fraction of sp³-hybridized carbons (Fsp3) is 0.368. The van der Waals surface area contributed by atoms with E-state index < -0.39 is 5.91 Å². The van der Waals surface area contributed by atoms with E-state index in [0.717, 1.165) is 47.8 Å². The lowest BCUT2D eigenvalue weighted by atomic mass is 10.0. The van der Waals surface area contributed by atoms with Crippen LogP contribution in [0.4, 0.5) is 9.39 Å². The Kier molecular flexibility index (Phi) is 8.30. The summed E-state index contributed by atoms with van der Waals surface area (Å²) in [4.78, 5) is 28.6. The molecule has 1 aliphatic heterocycles. The summed E-state index contributed by atoms with van der Waals surface area (Å²) in [5.41, 5.74) is 7.02. The zero-order valence-corrected chi connectivity index (χ0v) is 17.9. The number of nitrogens with one attached hydrogen (secondary N) is 1. The molecule has 0 saturated heterocycles. The van der Waals surface area contributed by atoms with E-state index in [0.29, 0.717) is 10.6 Å². The minimum Gasteiger partial charge on any atom is -0.365 e. The van der Waals surface area contributed by atoms with Crippen LogP contribution in [0.25, 0.3) is 0 Å². The average molecular weight is 444 g/mol. The number of carbonyl (C=O) groups is 2. The van der Waals surface area contributed by atoms with Crippen molar-refractivity contribution in [1.29, 1.82) is 0 Å². The summed E-state index contributed by atoms with van der Waals surface area (Å²) in [6, 6.07) is 5.99. The van der Waals surface area contributed by atoms with Crippen molar-refractivity contribution in [2.45, 2.75) is 31.2 Å². The number of hydrogen-bond acceptors (Lipinski definition) is 5. The van der Waals surface area contributed by atoms with Gasteiger partial charge in [0.15, 0.2) is 0 Å². The van der Waals surface area contributed by atoms with Crippen molar-refractivity contribution < 1.29 is 14.0 Å². The standard InChI is InChI=1S/C19H22FN3O2S2.ClH/c1-2-8-23-9-7-14-15(10-23)27-19(17(14)18(21)25)22-16(24)11-26-13-5-3-12(20)4-6-13;/h3-6H,2,7-11H2,1H3,(H2,21,25)(H,22,24);1H. The topological polar surface area (TPSA) is 75.4 Å². The predicted molar refractivity (Wildman–Crippen MR) is 115 cm³/mol. The summed E-state index contributed by atoms with van der Waals surface area (Å²) in [6.45, 7) is 4.84. The van der Waals surface area contributed by atoms with Gasteiger partial charge >= 0.3 is 0 Å². The molecular formula is C19H23ClFN3O2S2. The van der Waals surface area contributed by atoms with E-state index in [4.69, 9.17) is 5.73 Å². The monoisotopic (exact) mass is 443 g/mol. The van der Waals surface area contributed by atoms with E-state index >= 15 is 0 Å². The third kappa shape index (κ3) is 5.47. The highest BCUT2D eigenvalue weighted by Crippen LogP contribution is 2.37. The second-order valence-corrected chi connectivity index (χ2v) is 8.54. The van der Waals surface area contributed by atoms with Gasteiger partial charge in [0.1, 0.15) is 10.8 Å². The van der Waals surface area contributed by atoms with E-state index in [2.05, 4.69) is 17.1 Å². The summed E-state index contributed by atoms with van der Waals surface area (Å²) in [7, 11) is 0. The molecule has 1 aliphatic rings. The van der Waals surface area contributed by atoms with Crippen molar-refractivity contribution >= 4 is 52.3 Å². The van der Waals surface area contributed by atoms with Gasteiger partial charge in [-0.3, -0.25) is 14.5 Å². The van der Waals surface area contributed by atoms with Crippen molar-refractivity contribution in [3.63, 3.8) is 0 Å². The Balaban J connectivity index is 0.00000280. The Morgan fingerprint density at radius 3 is 2.68 bits per heavy atom. The van der Waals surface area contributed by atoms with Gasteiger partial charge in [0.2, 0.25) is 5.91 Å². The van der Waals surface area contributed by atoms with Gasteiger partial charge in [0, 0.05) is 22.9 Å². The van der Waals surface area contributed by atoms with Crippen LogP contribution >= 0.6 is 35.5 Å². The van der Waals surface area contributed by atoms with E-state index in [9.17, 15) is 14.0 Å². The molecular weight excluding hydrogens is 421 g/mol. The van der Waals surface area contributed by atoms with Gasteiger partial charge < -0.3 is 11.1 Å². The number of carbonyl (C=O) groups excluding carboxylic acids is 2. The molecule has 152 valence electrons. The molecule has 2 aromatic rings. The number of rotatable bonds is 7. The maximum atomic E-state index is 12.9. The molecule has 28 heavy (non-hydrogen) atoms. The maximum absolute atomic E-state index is 12.9. The van der Waals surface area contributed by atoms with Crippen molar-refractivity contribution in [1.82, 2.24) is 4.90 Å². The normalized spacial score (nSPS) is 13.5. The first-order chi connectivity index (χ1) is 13.0. The molecule has 1 aromatic heterocycles. The van der Waals surface area contributed by atoms with Crippen LogP contribution in [0.1, 0.15) is 34.1 Å². The van der Waals surface area contributed by atoms with E-state index in [1.807, 2.05) is 0 Å². The molecule has 2 amide bonds. The molecule has 0 spiro atoms. The van der Waals surface area contributed by atoms with Crippen molar-refractivity contribution in [3.05, 3.63) is 46.1 Å². The highest BCUT2D eigenvalue weighted by molar-refractivity contribution is 8.00. The number of hydrogen-bond donors (Lipinski definition) is 2. The molecule has 0 atom stereocenters. The van der Waals surface area contributed by atoms with Crippen molar-refractivity contribution in [3.8, 4) is 0 Å². The van der Waals surface area contributed by atoms with Gasteiger partial charge in [-0.15, -0.1) is 35.5 Å². The quantitative estimate of drug-likeness (QED) is 0.636. The van der Waals surface area contributed by atoms with Crippen LogP contribution in [0, 0.1) is 5.82 Å². The molecule has 0 saturated carbocycles. The number of halogens is 2. The lowest BCUT2D eigenvalue weighted by Crippen LogP contribution is -2.31. The van der Waals surface area contributed by atoms with Gasteiger partial charge in [-0.05, 0) is 49.2 Å². The number of fused-ring (bicyclic) bond motifs is 1. The molecule has 1 aromatic carbocycles. The van der Waals surface area contributed by atoms with Crippen LogP contribution in [0.15, 0.2) is 29.2 Å². The third-order valence-electron chi connectivity index (χ3n) is 4.36. The lowest BCUT2D eigenvalue weighted by Gasteiger charge is -2.26. The molecule has 0 unspecified atom stereocenters. The largest absolute Gasteiger partial charge is 0.365 e. The van der Waals surface area contributed by atoms with Gasteiger partial charge in [-0.25, -0.2) is 4.39 Å². The molecule has 3 rings (SSSR count). The number of thiophene rings is 1. The number of anilines is 1. The van der Waals surface area contributed by atoms with Crippen LogP contribution in [0.2, 0.25) is 0 Å². The number of nitrogens with two attached hydrogens (primary N) is 1. The Labute approximate surface area is 178 Å². The number of nitrogens with zero attached hydrogens (tertiary/aromatic N) is 1. The zero-order chi connectivity index (χ0) is 19.4. The fourth-order valence-corrected chi connectivity index (χ4v) is 5.16. The van der Waals surface area contributed by atoms with Gasteiger partial charge in [-0.1, -0.05) is 6.92 Å². The minimum absolute atomic E-state index is 0. The third-order valence-corrected chi connectivity index (χ3v) is 6.50. The molecule has 0 fully saturated rings. The van der Waals surface area contributed by atoms with E-state index in [1.54, 1.807) is 12.1 Å². The number of amides is 2. The summed E-state index contributed by atoms with van der Waals surface area (Å²) in [6.07, 6.45) is 1.85. The molecule has 9 heteroatoms. The lowest BCUT2D eigenvalue weighted by molar-refractivity contribution is -0.113. The van der Waals surface area contributed by atoms with Gasteiger partial charge in [0.25, 0.3) is 5.91 Å². The van der Waals surface area contributed by atoms with Crippen LogP contribution in [0.5, 0.6) is 0 Å². The molecule has 3 N–H and O–H groups in total. The smallest absolute Gasteiger partial charge is 0.251 e. The molecule has 5 nitrogen and oxygen atoms in total. The SMILES string of the molecule is CCCN1CCc2c(sc(NC(=O)CSc3ccc(F)cc3)c2C(N)=O)C1.Cl. The number of benzene rings is 1. The van der Waals surface area contributed by atoms with Crippen LogP contribution < -0.4 is 11.1 Å². The fourth-order valence-electron chi connectivity index (χ4n) is 3.15. The van der Waals surface area contributed by atoms with Crippen molar-refractivity contribution in [2.75, 3.05) is 24.2 Å². The summed E-state index contributed by atoms with van der Waals surface area (Å²) in [5.74, 6) is -0.848. The Morgan fingerprint density at radius 2 is 2.04 bits per heavy atom. The van der Waals surface area contributed by atoms with Gasteiger partial charge in [-0.2, -0.15) is 0 Å². The first kappa shape index (κ1) is 22.7. The van der Waals surface area contributed by atoms with Crippen molar-refractivity contribution in [2.24, 2.45) is 5.73 Å². The Bertz CT molecular complexity index is 842. The van der Waals surface area contributed by atoms with Crippen LogP contribution in [-0.4, -0.2) is 35.6 Å². The van der Waals surface area contributed by atoms with Crippen LogP contribution in [0.3, 0.4) is 0 Å². The predicted octanol–water partition coefficient (Wildman–Crippen LogP) is 3.91. The van der Waals surface area contributed by atoms with E-state index in [1.165, 1.54) is 35.2 Å². The minimum atomic E-state index is -0.502. The summed E-state index contributed by atoms with van der Waals surface area (Å²) >= 11 is 2.75. The Morgan fingerprint density at radius 1 is 1.32 bits per heavy atom. The molecule has 2 heterocycles. The van der Waals surface area contributed by atoms with Gasteiger partial charge in [0.05, 0.1) is 11.3 Å². The first-order valence-corrected chi connectivity index (χ1v) is 10.6. The van der Waals surface area contributed by atoms with Crippen LogP contribution in [-0.2, 0) is 17.8 Å². The highest BCUT2D eigenvalue weighted by Gasteiger charge is 2.27. The number of thioether (sulfide) groups is 1. The summed E-state index contributed by atoms with van der Waals surface area (Å²) < 4.78 is 12.9. The van der Waals surface area contributed by atoms with E-state index in [-0.39, 0.29) is 29.9 Å². The number of primary amides is 1. The Hall–Kier alpha value is -1.61. The molecule has 0 aliphatic carbocycles. The second kappa shape index (κ2) is 10.2. The first-order valence-electron chi connectivity index (χ1n) is 8.82. The average Bonchev–Trinajstić information content (AvgIpc) is 2.98. The maximum Gasteiger partial charge on any atom is 0.251 e. The molecule has 0 bridgehead atoms.